The van der Waals surface area contributed by atoms with Crippen LogP contribution in [0.3, 0.4) is 0 Å². The number of carbonyl (C=O) groups excluding carboxylic acids is 2. The second-order valence-electron chi connectivity index (χ2n) is 3.11. The third-order valence-electron chi connectivity index (χ3n) is 1.95. The number of rotatable bonds is 2. The summed E-state index contributed by atoms with van der Waals surface area (Å²) in [5.74, 6) is -1.54. The van der Waals surface area contributed by atoms with E-state index in [2.05, 4.69) is 4.74 Å². The molecule has 2 N–H and O–H groups in total. The van der Waals surface area contributed by atoms with E-state index in [0.29, 0.717) is 11.1 Å². The molecule has 0 bridgehead atoms. The van der Waals surface area contributed by atoms with Gasteiger partial charge in [-0.1, -0.05) is 0 Å². The van der Waals surface area contributed by atoms with E-state index in [0.717, 1.165) is 0 Å². The Balaban J connectivity index is 2.93. The molecular weight excluding hydrogens is 208 g/mol. The van der Waals surface area contributed by atoms with Gasteiger partial charge in [-0.15, -0.1) is 0 Å². The number of hydrogen-bond acceptors (Lipinski definition) is 5. The van der Waals surface area contributed by atoms with Gasteiger partial charge in [0.25, 0.3) is 0 Å². The van der Waals surface area contributed by atoms with Crippen LogP contribution < -0.4 is 5.73 Å². The molecule has 0 unspecified atom stereocenters. The Hall–Kier alpha value is -2.19. The Morgan fingerprint density at radius 1 is 1.50 bits per heavy atom. The molecule has 1 aromatic carbocycles. The van der Waals surface area contributed by atoms with Gasteiger partial charge in [-0.25, -0.2) is 4.79 Å². The van der Waals surface area contributed by atoms with Crippen LogP contribution >= 0.6 is 0 Å². The summed E-state index contributed by atoms with van der Waals surface area (Å²) in [5.41, 5.74) is 6.28. The van der Waals surface area contributed by atoms with Crippen LogP contribution in [0.2, 0.25) is 0 Å². The molecule has 1 aromatic rings. The molecule has 0 saturated heterocycles. The second-order valence-corrected chi connectivity index (χ2v) is 3.11. The van der Waals surface area contributed by atoms with Crippen molar-refractivity contribution in [2.45, 2.75) is 6.92 Å². The predicted octanol–water partition coefficient (Wildman–Crippen LogP) is 0.509. The first-order chi connectivity index (χ1) is 7.58. The Bertz CT molecular complexity index is 475. The van der Waals surface area contributed by atoms with Crippen LogP contribution in [0.15, 0.2) is 18.2 Å². The van der Waals surface area contributed by atoms with E-state index in [1.165, 1.54) is 12.1 Å². The highest BCUT2D eigenvalue weighted by atomic mass is 16.6. The Labute approximate surface area is 92.4 Å². The minimum absolute atomic E-state index is 0.251. The van der Waals surface area contributed by atoms with Gasteiger partial charge in [0.05, 0.1) is 23.7 Å². The van der Waals surface area contributed by atoms with Crippen molar-refractivity contribution >= 4 is 11.9 Å². The Morgan fingerprint density at radius 3 is 2.69 bits per heavy atom. The first kappa shape index (κ1) is 11.9. The largest absolute Gasteiger partial charge is 0.388 e. The van der Waals surface area contributed by atoms with Gasteiger partial charge < -0.3 is 10.5 Å². The topological polar surface area (TPSA) is 93.2 Å². The van der Waals surface area contributed by atoms with Crippen molar-refractivity contribution in [2.24, 2.45) is 5.73 Å². The molecule has 82 valence electrons. The molecule has 0 aliphatic rings. The molecule has 1 rings (SSSR count). The standard InChI is InChI=1S/C11H10N2O3/c1-7-4-8(5-12)2-3-9(7)11(15)16-10(14)6-13/h2-4H,6,13H2,1H3. The van der Waals surface area contributed by atoms with Gasteiger partial charge in [-0.05, 0) is 30.7 Å². The Kier molecular flexibility index (Phi) is 3.75. The molecule has 5 nitrogen and oxygen atoms in total. The SMILES string of the molecule is Cc1cc(C#N)ccc1C(=O)OC(=O)CN. The van der Waals surface area contributed by atoms with Crippen LogP contribution in [0, 0.1) is 18.3 Å². The minimum Gasteiger partial charge on any atom is -0.388 e. The number of esters is 2. The zero-order valence-corrected chi connectivity index (χ0v) is 8.69. The molecule has 0 radical (unpaired) electrons. The third-order valence-corrected chi connectivity index (χ3v) is 1.95. The van der Waals surface area contributed by atoms with Crippen molar-refractivity contribution in [2.75, 3.05) is 6.54 Å². The predicted molar refractivity (Wildman–Crippen MR) is 55.4 cm³/mol. The maximum absolute atomic E-state index is 11.5. The number of benzene rings is 1. The number of nitriles is 1. The van der Waals surface area contributed by atoms with Gasteiger partial charge in [-0.2, -0.15) is 5.26 Å². The zero-order chi connectivity index (χ0) is 12.1. The molecule has 0 fully saturated rings. The number of nitrogens with zero attached hydrogens (tertiary/aromatic N) is 1. The number of carbonyl (C=O) groups is 2. The lowest BCUT2D eigenvalue weighted by Gasteiger charge is -2.04. The van der Waals surface area contributed by atoms with Gasteiger partial charge in [0.2, 0.25) is 0 Å². The lowest BCUT2D eigenvalue weighted by molar-refractivity contribution is -0.136. The minimum atomic E-state index is -0.784. The summed E-state index contributed by atoms with van der Waals surface area (Å²) in [6.45, 7) is 1.31. The van der Waals surface area contributed by atoms with E-state index in [-0.39, 0.29) is 12.1 Å². The maximum Gasteiger partial charge on any atom is 0.346 e. The van der Waals surface area contributed by atoms with Crippen molar-refractivity contribution in [1.29, 1.82) is 5.26 Å². The van der Waals surface area contributed by atoms with Crippen LogP contribution in [-0.4, -0.2) is 18.5 Å². The van der Waals surface area contributed by atoms with Crippen LogP contribution in [0.4, 0.5) is 0 Å². The third kappa shape index (κ3) is 2.65. The van der Waals surface area contributed by atoms with Gasteiger partial charge in [0.15, 0.2) is 0 Å². The molecule has 5 heteroatoms. The Morgan fingerprint density at radius 2 is 2.19 bits per heavy atom. The molecule has 0 aliphatic carbocycles. The highest BCUT2D eigenvalue weighted by Gasteiger charge is 2.14. The van der Waals surface area contributed by atoms with Crippen LogP contribution in [-0.2, 0) is 9.53 Å². The second kappa shape index (κ2) is 5.05. The van der Waals surface area contributed by atoms with Crippen molar-refractivity contribution < 1.29 is 14.3 Å². The van der Waals surface area contributed by atoms with Crippen LogP contribution in [0.1, 0.15) is 21.5 Å². The zero-order valence-electron chi connectivity index (χ0n) is 8.69. The number of ether oxygens (including phenoxy) is 1. The highest BCUT2D eigenvalue weighted by Crippen LogP contribution is 2.11. The fourth-order valence-corrected chi connectivity index (χ4v) is 1.16. The highest BCUT2D eigenvalue weighted by molar-refractivity contribution is 5.98. The van der Waals surface area contributed by atoms with Crippen molar-refractivity contribution in [3.63, 3.8) is 0 Å². The van der Waals surface area contributed by atoms with E-state index in [9.17, 15) is 9.59 Å². The van der Waals surface area contributed by atoms with Crippen molar-refractivity contribution in [1.82, 2.24) is 0 Å². The first-order valence-electron chi connectivity index (χ1n) is 4.54. The molecule has 16 heavy (non-hydrogen) atoms. The summed E-state index contributed by atoms with van der Waals surface area (Å²) < 4.78 is 4.45. The monoisotopic (exact) mass is 218 g/mol. The molecule has 0 aromatic heterocycles. The molecule has 0 atom stereocenters. The normalized spacial score (nSPS) is 9.31. The van der Waals surface area contributed by atoms with E-state index >= 15 is 0 Å². The quantitative estimate of drug-likeness (QED) is 0.576. The molecule has 0 saturated carbocycles. The van der Waals surface area contributed by atoms with Gasteiger partial charge in [0.1, 0.15) is 0 Å². The summed E-state index contributed by atoms with van der Waals surface area (Å²) in [6, 6.07) is 6.42. The van der Waals surface area contributed by atoms with E-state index < -0.39 is 11.9 Å². The first-order valence-corrected chi connectivity index (χ1v) is 4.54. The summed E-state index contributed by atoms with van der Waals surface area (Å²) in [7, 11) is 0. The number of aryl methyl sites for hydroxylation is 1. The fraction of sp³-hybridized carbons (Fsp3) is 0.182. The van der Waals surface area contributed by atoms with Gasteiger partial charge in [-0.3, -0.25) is 4.79 Å². The summed E-state index contributed by atoms with van der Waals surface area (Å²) >= 11 is 0. The lowest BCUT2D eigenvalue weighted by atomic mass is 10.1. The average molecular weight is 218 g/mol. The maximum atomic E-state index is 11.5. The van der Waals surface area contributed by atoms with E-state index in [1.807, 2.05) is 6.07 Å². The van der Waals surface area contributed by atoms with Crippen LogP contribution in [0.25, 0.3) is 0 Å². The molecule has 0 spiro atoms. The fourth-order valence-electron chi connectivity index (χ4n) is 1.16. The summed E-state index contributed by atoms with van der Waals surface area (Å²) in [6.07, 6.45) is 0. The number of hydrogen-bond donors (Lipinski definition) is 1. The van der Waals surface area contributed by atoms with Gasteiger partial charge >= 0.3 is 11.9 Å². The summed E-state index contributed by atoms with van der Waals surface area (Å²) in [5, 5.41) is 8.64. The summed E-state index contributed by atoms with van der Waals surface area (Å²) in [4.78, 5) is 22.3. The molecule has 0 heterocycles. The smallest absolute Gasteiger partial charge is 0.346 e. The van der Waals surface area contributed by atoms with Crippen LogP contribution in [0.5, 0.6) is 0 Å². The molecule has 0 amide bonds. The lowest BCUT2D eigenvalue weighted by Crippen LogP contribution is -2.21. The molecular formula is C11H10N2O3. The molecule has 0 aliphatic heterocycles. The van der Waals surface area contributed by atoms with Gasteiger partial charge in [0, 0.05) is 0 Å². The van der Waals surface area contributed by atoms with Crippen molar-refractivity contribution in [3.8, 4) is 6.07 Å². The van der Waals surface area contributed by atoms with Crippen molar-refractivity contribution in [3.05, 3.63) is 34.9 Å². The van der Waals surface area contributed by atoms with E-state index in [1.54, 1.807) is 13.0 Å². The van der Waals surface area contributed by atoms with E-state index in [4.69, 9.17) is 11.0 Å². The average Bonchev–Trinajstić information content (AvgIpc) is 2.28. The number of nitrogens with two attached hydrogens (primary N) is 1.